The molecular weight excluding hydrogens is 296 g/mol. The molecule has 1 aromatic carbocycles. The van der Waals surface area contributed by atoms with Gasteiger partial charge in [-0.3, -0.25) is 9.59 Å². The number of carbonyl (C=O) groups is 2. The predicted molar refractivity (Wildman–Crippen MR) is 86.8 cm³/mol. The van der Waals surface area contributed by atoms with E-state index in [2.05, 4.69) is 17.2 Å². The van der Waals surface area contributed by atoms with Gasteiger partial charge in [0.15, 0.2) is 0 Å². The van der Waals surface area contributed by atoms with E-state index in [-0.39, 0.29) is 0 Å². The van der Waals surface area contributed by atoms with E-state index in [1.807, 2.05) is 30.3 Å². The standard InChI is InChI=1S/C17H14N2O2S/c18-16(21)15-12-7-4-8-13(12)22-17(15)19-14(20)10-9-11-5-2-1-3-6-11/h1-3,5-6H,4,7-8H2,(H2,18,21)(H,19,20). The fourth-order valence-electron chi connectivity index (χ4n) is 2.54. The number of primary amides is 1. The van der Waals surface area contributed by atoms with Crippen LogP contribution in [0.3, 0.4) is 0 Å². The maximum absolute atomic E-state index is 12.0. The maximum atomic E-state index is 12.0. The van der Waals surface area contributed by atoms with E-state index in [9.17, 15) is 9.59 Å². The first-order valence-electron chi connectivity index (χ1n) is 6.97. The number of amides is 2. The summed E-state index contributed by atoms with van der Waals surface area (Å²) in [6, 6.07) is 9.26. The number of carbonyl (C=O) groups excluding carboxylic acids is 2. The van der Waals surface area contributed by atoms with Crippen molar-refractivity contribution in [1.82, 2.24) is 0 Å². The normalized spacial score (nSPS) is 12.2. The second-order valence-corrected chi connectivity index (χ2v) is 6.10. The minimum Gasteiger partial charge on any atom is -0.365 e. The van der Waals surface area contributed by atoms with Crippen LogP contribution in [0.1, 0.15) is 32.8 Å². The molecule has 0 aliphatic heterocycles. The summed E-state index contributed by atoms with van der Waals surface area (Å²) >= 11 is 1.43. The Kier molecular flexibility index (Phi) is 3.94. The molecule has 0 atom stereocenters. The molecule has 0 fully saturated rings. The van der Waals surface area contributed by atoms with E-state index < -0.39 is 11.8 Å². The van der Waals surface area contributed by atoms with Crippen LogP contribution in [0, 0.1) is 11.8 Å². The summed E-state index contributed by atoms with van der Waals surface area (Å²) in [5.41, 5.74) is 7.66. The lowest BCUT2D eigenvalue weighted by Crippen LogP contribution is -2.16. The summed E-state index contributed by atoms with van der Waals surface area (Å²) in [5.74, 6) is 4.39. The molecule has 0 saturated carbocycles. The number of anilines is 1. The maximum Gasteiger partial charge on any atom is 0.301 e. The highest BCUT2D eigenvalue weighted by molar-refractivity contribution is 7.17. The molecule has 3 N–H and O–H groups in total. The molecule has 5 heteroatoms. The van der Waals surface area contributed by atoms with Gasteiger partial charge in [0.05, 0.1) is 5.56 Å². The number of nitrogens with one attached hydrogen (secondary N) is 1. The van der Waals surface area contributed by atoms with E-state index in [1.54, 1.807) is 0 Å². The molecule has 2 aromatic rings. The van der Waals surface area contributed by atoms with Crippen molar-refractivity contribution in [1.29, 1.82) is 0 Å². The van der Waals surface area contributed by atoms with Crippen molar-refractivity contribution < 1.29 is 9.59 Å². The molecule has 110 valence electrons. The smallest absolute Gasteiger partial charge is 0.301 e. The topological polar surface area (TPSA) is 72.2 Å². The molecule has 1 heterocycles. The summed E-state index contributed by atoms with van der Waals surface area (Å²) in [6.45, 7) is 0. The van der Waals surface area contributed by atoms with E-state index in [0.717, 1.165) is 35.3 Å². The van der Waals surface area contributed by atoms with Gasteiger partial charge in [-0.05, 0) is 37.0 Å². The monoisotopic (exact) mass is 310 g/mol. The van der Waals surface area contributed by atoms with Crippen LogP contribution < -0.4 is 11.1 Å². The van der Waals surface area contributed by atoms with Crippen molar-refractivity contribution in [3.63, 3.8) is 0 Å². The van der Waals surface area contributed by atoms with Crippen LogP contribution in [0.4, 0.5) is 5.00 Å². The van der Waals surface area contributed by atoms with Crippen LogP contribution in [0.2, 0.25) is 0 Å². The highest BCUT2D eigenvalue weighted by Crippen LogP contribution is 2.38. The lowest BCUT2D eigenvalue weighted by molar-refractivity contribution is -0.111. The average molecular weight is 310 g/mol. The van der Waals surface area contributed by atoms with Crippen molar-refractivity contribution in [2.45, 2.75) is 19.3 Å². The molecule has 0 bridgehead atoms. The van der Waals surface area contributed by atoms with Crippen LogP contribution in [-0.4, -0.2) is 11.8 Å². The Morgan fingerprint density at radius 3 is 2.68 bits per heavy atom. The first-order valence-corrected chi connectivity index (χ1v) is 7.79. The van der Waals surface area contributed by atoms with Crippen LogP contribution in [0.5, 0.6) is 0 Å². The highest BCUT2D eigenvalue weighted by atomic mass is 32.1. The molecule has 0 saturated heterocycles. The first kappa shape index (κ1) is 14.4. The van der Waals surface area contributed by atoms with Gasteiger partial charge in [-0.15, -0.1) is 11.3 Å². The van der Waals surface area contributed by atoms with Gasteiger partial charge >= 0.3 is 5.91 Å². The van der Waals surface area contributed by atoms with E-state index in [1.165, 1.54) is 11.3 Å². The van der Waals surface area contributed by atoms with E-state index in [4.69, 9.17) is 5.73 Å². The van der Waals surface area contributed by atoms with Crippen molar-refractivity contribution in [3.05, 3.63) is 51.9 Å². The second-order valence-electron chi connectivity index (χ2n) is 5.00. The molecule has 1 aliphatic rings. The van der Waals surface area contributed by atoms with Crippen LogP contribution >= 0.6 is 11.3 Å². The average Bonchev–Trinajstić information content (AvgIpc) is 3.06. The number of rotatable bonds is 2. The Morgan fingerprint density at radius 1 is 1.18 bits per heavy atom. The fourth-order valence-corrected chi connectivity index (χ4v) is 3.83. The van der Waals surface area contributed by atoms with Gasteiger partial charge in [-0.25, -0.2) is 0 Å². The van der Waals surface area contributed by atoms with Gasteiger partial charge < -0.3 is 11.1 Å². The quantitative estimate of drug-likeness (QED) is 0.836. The predicted octanol–water partition coefficient (Wildman–Crippen LogP) is 2.33. The highest BCUT2D eigenvalue weighted by Gasteiger charge is 2.25. The zero-order valence-corrected chi connectivity index (χ0v) is 12.6. The molecule has 22 heavy (non-hydrogen) atoms. The largest absolute Gasteiger partial charge is 0.365 e. The van der Waals surface area contributed by atoms with Crippen molar-refractivity contribution in [2.24, 2.45) is 5.73 Å². The van der Waals surface area contributed by atoms with Crippen molar-refractivity contribution in [2.75, 3.05) is 5.32 Å². The number of fused-ring (bicyclic) bond motifs is 1. The summed E-state index contributed by atoms with van der Waals surface area (Å²) in [6.07, 6.45) is 2.81. The fraction of sp³-hybridized carbons (Fsp3) is 0.176. The van der Waals surface area contributed by atoms with Gasteiger partial charge in [0.1, 0.15) is 5.00 Å². The molecule has 2 amide bonds. The Labute approximate surface area is 132 Å². The summed E-state index contributed by atoms with van der Waals surface area (Å²) in [5, 5.41) is 3.21. The third-order valence-electron chi connectivity index (χ3n) is 3.49. The zero-order valence-electron chi connectivity index (χ0n) is 11.8. The SMILES string of the molecule is NC(=O)c1c(NC(=O)C#Cc2ccccc2)sc2c1CCC2. The van der Waals surface area contributed by atoms with Gasteiger partial charge in [-0.1, -0.05) is 24.1 Å². The zero-order chi connectivity index (χ0) is 15.5. The Morgan fingerprint density at radius 2 is 1.95 bits per heavy atom. The molecular formula is C17H14N2O2S. The number of hydrogen-bond donors (Lipinski definition) is 2. The first-order chi connectivity index (χ1) is 10.6. The number of hydrogen-bond acceptors (Lipinski definition) is 3. The van der Waals surface area contributed by atoms with Gasteiger partial charge in [0.25, 0.3) is 5.91 Å². The number of benzene rings is 1. The third-order valence-corrected chi connectivity index (χ3v) is 4.70. The number of nitrogens with two attached hydrogens (primary N) is 1. The Bertz CT molecular complexity index is 797. The van der Waals surface area contributed by atoms with Crippen LogP contribution in [-0.2, 0) is 17.6 Å². The summed E-state index contributed by atoms with van der Waals surface area (Å²) in [7, 11) is 0. The lowest BCUT2D eigenvalue weighted by atomic mass is 10.1. The lowest BCUT2D eigenvalue weighted by Gasteiger charge is -2.02. The molecule has 0 unspecified atom stereocenters. The summed E-state index contributed by atoms with van der Waals surface area (Å²) < 4.78 is 0. The second kappa shape index (κ2) is 6.04. The van der Waals surface area contributed by atoms with E-state index in [0.29, 0.717) is 10.6 Å². The van der Waals surface area contributed by atoms with Crippen molar-refractivity contribution >= 4 is 28.2 Å². The van der Waals surface area contributed by atoms with Gasteiger partial charge in [0.2, 0.25) is 0 Å². The molecule has 0 radical (unpaired) electrons. The number of thiophene rings is 1. The minimum atomic E-state index is -0.495. The van der Waals surface area contributed by atoms with Crippen LogP contribution in [0.15, 0.2) is 30.3 Å². The molecule has 1 aliphatic carbocycles. The molecule has 1 aromatic heterocycles. The number of aryl methyl sites for hydroxylation is 1. The van der Waals surface area contributed by atoms with Crippen molar-refractivity contribution in [3.8, 4) is 11.8 Å². The minimum absolute atomic E-state index is 0.439. The third kappa shape index (κ3) is 2.87. The summed E-state index contributed by atoms with van der Waals surface area (Å²) in [4.78, 5) is 24.7. The van der Waals surface area contributed by atoms with Gasteiger partial charge in [0, 0.05) is 16.4 Å². The van der Waals surface area contributed by atoms with E-state index >= 15 is 0 Å². The van der Waals surface area contributed by atoms with Gasteiger partial charge in [-0.2, -0.15) is 0 Å². The molecule has 3 rings (SSSR count). The molecule has 0 spiro atoms. The molecule has 4 nitrogen and oxygen atoms in total. The Balaban J connectivity index is 1.81. The Hall–Kier alpha value is -2.58. The van der Waals surface area contributed by atoms with Crippen LogP contribution in [0.25, 0.3) is 0 Å².